The lowest BCUT2D eigenvalue weighted by atomic mass is 10.2. The Labute approximate surface area is 120 Å². The average Bonchev–Trinajstić information content (AvgIpc) is 2.50. The van der Waals surface area contributed by atoms with Gasteiger partial charge in [-0.3, -0.25) is 9.78 Å². The van der Waals surface area contributed by atoms with E-state index in [-0.39, 0.29) is 18.0 Å². The lowest BCUT2D eigenvalue weighted by molar-refractivity contribution is 0.102. The topological polar surface area (TPSA) is 75.1 Å². The molecule has 2 heterocycles. The van der Waals surface area contributed by atoms with Crippen molar-refractivity contribution in [1.82, 2.24) is 9.97 Å². The molecule has 0 aliphatic heterocycles. The third-order valence-electron chi connectivity index (χ3n) is 2.50. The molecule has 0 aliphatic carbocycles. The average molecular weight is 285 g/mol. The molecule has 0 unspecified atom stereocenters. The second-order valence-corrected chi connectivity index (χ2v) is 3.98. The Morgan fingerprint density at radius 3 is 3.00 bits per heavy atom. The zero-order chi connectivity index (χ0) is 15.1. The van der Waals surface area contributed by atoms with Crippen molar-refractivity contribution in [1.29, 1.82) is 0 Å². The monoisotopic (exact) mass is 285 g/mol. The number of hydrogen-bond donors (Lipinski definition) is 2. The van der Waals surface area contributed by atoms with Crippen LogP contribution in [-0.4, -0.2) is 27.6 Å². The molecule has 2 aromatic rings. The number of pyridine rings is 2. The van der Waals surface area contributed by atoms with Gasteiger partial charge in [0.2, 0.25) is 0 Å². The van der Waals surface area contributed by atoms with E-state index >= 15 is 0 Å². The summed E-state index contributed by atoms with van der Waals surface area (Å²) in [6.45, 7) is -0.0585. The fraction of sp³-hybridized carbons (Fsp3) is 0.133. The zero-order valence-corrected chi connectivity index (χ0v) is 11.0. The minimum atomic E-state index is -0.630. The second kappa shape index (κ2) is 7.12. The minimum Gasteiger partial charge on any atom is -0.395 e. The number of carbonyl (C=O) groups excluding carboxylic acids is 1. The van der Waals surface area contributed by atoms with Gasteiger partial charge in [0, 0.05) is 18.8 Å². The van der Waals surface area contributed by atoms with E-state index in [0.717, 1.165) is 6.20 Å². The quantitative estimate of drug-likeness (QED) is 0.840. The van der Waals surface area contributed by atoms with Gasteiger partial charge < -0.3 is 10.4 Å². The van der Waals surface area contributed by atoms with E-state index in [1.165, 1.54) is 18.5 Å². The number of aliphatic hydroxyl groups excluding tert-OH is 1. The predicted molar refractivity (Wildman–Crippen MR) is 75.0 cm³/mol. The largest absolute Gasteiger partial charge is 0.395 e. The molecule has 0 fully saturated rings. The van der Waals surface area contributed by atoms with Gasteiger partial charge in [0.1, 0.15) is 5.69 Å². The van der Waals surface area contributed by atoms with Crippen LogP contribution >= 0.6 is 0 Å². The van der Waals surface area contributed by atoms with Gasteiger partial charge >= 0.3 is 0 Å². The highest BCUT2D eigenvalue weighted by Crippen LogP contribution is 2.13. The first kappa shape index (κ1) is 14.6. The Kier molecular flexibility index (Phi) is 4.96. The highest BCUT2D eigenvalue weighted by Gasteiger charge is 2.13. The summed E-state index contributed by atoms with van der Waals surface area (Å²) in [6.07, 6.45) is 4.14. The SMILES string of the molecule is O=C(Nc1ccncc1F)c1ncccc1C#CCCO. The molecular formula is C15H12FN3O2. The van der Waals surface area contributed by atoms with Crippen LogP contribution in [0.1, 0.15) is 22.5 Å². The molecule has 0 atom stereocenters. The molecule has 5 nitrogen and oxygen atoms in total. The van der Waals surface area contributed by atoms with E-state index in [1.54, 1.807) is 12.1 Å². The van der Waals surface area contributed by atoms with E-state index < -0.39 is 11.7 Å². The van der Waals surface area contributed by atoms with Crippen molar-refractivity contribution in [3.8, 4) is 11.8 Å². The van der Waals surface area contributed by atoms with E-state index in [9.17, 15) is 9.18 Å². The van der Waals surface area contributed by atoms with Crippen LogP contribution in [0.4, 0.5) is 10.1 Å². The number of aliphatic hydroxyl groups is 1. The maximum absolute atomic E-state index is 13.5. The van der Waals surface area contributed by atoms with Gasteiger partial charge in [-0.15, -0.1) is 0 Å². The molecular weight excluding hydrogens is 273 g/mol. The lowest BCUT2D eigenvalue weighted by Crippen LogP contribution is -2.16. The molecule has 21 heavy (non-hydrogen) atoms. The van der Waals surface area contributed by atoms with Crippen LogP contribution < -0.4 is 5.32 Å². The minimum absolute atomic E-state index is 0.0231. The summed E-state index contributed by atoms with van der Waals surface area (Å²) >= 11 is 0. The number of nitrogens with one attached hydrogen (secondary N) is 1. The molecule has 0 radical (unpaired) electrons. The summed E-state index contributed by atoms with van der Waals surface area (Å²) in [5.41, 5.74) is 0.534. The molecule has 1 amide bonds. The van der Waals surface area contributed by atoms with Crippen molar-refractivity contribution in [2.45, 2.75) is 6.42 Å². The fourth-order valence-electron chi connectivity index (χ4n) is 1.56. The van der Waals surface area contributed by atoms with Crippen molar-refractivity contribution in [2.24, 2.45) is 0 Å². The van der Waals surface area contributed by atoms with E-state index in [1.807, 2.05) is 0 Å². The number of aromatic nitrogens is 2. The van der Waals surface area contributed by atoms with Crippen LogP contribution in [0.15, 0.2) is 36.8 Å². The predicted octanol–water partition coefficient (Wildman–Crippen LogP) is 1.60. The van der Waals surface area contributed by atoms with Gasteiger partial charge in [0.25, 0.3) is 5.91 Å². The summed E-state index contributed by atoms with van der Waals surface area (Å²) in [5.74, 6) is 4.28. The maximum Gasteiger partial charge on any atom is 0.275 e. The molecule has 2 rings (SSSR count). The number of carbonyl (C=O) groups is 1. The van der Waals surface area contributed by atoms with Crippen molar-refractivity contribution < 1.29 is 14.3 Å². The van der Waals surface area contributed by atoms with Gasteiger partial charge in [-0.25, -0.2) is 9.37 Å². The van der Waals surface area contributed by atoms with Crippen LogP contribution in [0.5, 0.6) is 0 Å². The molecule has 106 valence electrons. The number of halogens is 1. The van der Waals surface area contributed by atoms with Gasteiger partial charge in [-0.1, -0.05) is 11.8 Å². The Bertz CT molecular complexity index is 707. The molecule has 2 N–H and O–H groups in total. The van der Waals surface area contributed by atoms with Crippen LogP contribution in [0.2, 0.25) is 0 Å². The van der Waals surface area contributed by atoms with Gasteiger partial charge in [0.05, 0.1) is 24.1 Å². The third kappa shape index (κ3) is 3.84. The van der Waals surface area contributed by atoms with Gasteiger partial charge in [0.15, 0.2) is 5.82 Å². The summed E-state index contributed by atoms with van der Waals surface area (Å²) in [6, 6.07) is 4.63. The van der Waals surface area contributed by atoms with Gasteiger partial charge in [-0.2, -0.15) is 0 Å². The van der Waals surface area contributed by atoms with Crippen molar-refractivity contribution in [3.05, 3.63) is 53.9 Å². The Morgan fingerprint density at radius 2 is 2.24 bits per heavy atom. The number of amides is 1. The van der Waals surface area contributed by atoms with Crippen LogP contribution in [-0.2, 0) is 0 Å². The molecule has 6 heteroatoms. The molecule has 2 aromatic heterocycles. The normalized spacial score (nSPS) is 9.62. The van der Waals surface area contributed by atoms with Crippen molar-refractivity contribution in [2.75, 3.05) is 11.9 Å². The smallest absolute Gasteiger partial charge is 0.275 e. The highest BCUT2D eigenvalue weighted by atomic mass is 19.1. The standard InChI is InChI=1S/C15H12FN3O2/c16-12-10-17-8-6-13(12)19-15(21)14-11(4-1-2-9-20)5-3-7-18-14/h3,5-8,10,20H,2,9H2,(H,17,19,21). The van der Waals surface area contributed by atoms with Crippen LogP contribution in [0.25, 0.3) is 0 Å². The summed E-state index contributed by atoms with van der Waals surface area (Å²) in [7, 11) is 0. The summed E-state index contributed by atoms with van der Waals surface area (Å²) in [5, 5.41) is 11.1. The maximum atomic E-state index is 13.5. The molecule has 0 spiro atoms. The Hall–Kier alpha value is -2.78. The lowest BCUT2D eigenvalue weighted by Gasteiger charge is -2.06. The molecule has 0 saturated carbocycles. The van der Waals surface area contributed by atoms with Crippen molar-refractivity contribution in [3.63, 3.8) is 0 Å². The molecule has 0 aromatic carbocycles. The molecule has 0 bridgehead atoms. The van der Waals surface area contributed by atoms with E-state index in [4.69, 9.17) is 5.11 Å². The van der Waals surface area contributed by atoms with Crippen LogP contribution in [0.3, 0.4) is 0 Å². The summed E-state index contributed by atoms with van der Waals surface area (Å²) < 4.78 is 13.5. The number of nitrogens with zero attached hydrogens (tertiary/aromatic N) is 2. The number of anilines is 1. The van der Waals surface area contributed by atoms with Gasteiger partial charge in [-0.05, 0) is 18.2 Å². The fourth-order valence-corrected chi connectivity index (χ4v) is 1.56. The summed E-state index contributed by atoms with van der Waals surface area (Å²) in [4.78, 5) is 19.7. The Balaban J connectivity index is 2.24. The first-order valence-corrected chi connectivity index (χ1v) is 6.18. The molecule has 0 saturated heterocycles. The first-order valence-electron chi connectivity index (χ1n) is 6.18. The van der Waals surface area contributed by atoms with Crippen LogP contribution in [0, 0.1) is 17.7 Å². The molecule has 0 aliphatic rings. The third-order valence-corrected chi connectivity index (χ3v) is 2.50. The van der Waals surface area contributed by atoms with E-state index in [2.05, 4.69) is 27.1 Å². The first-order chi connectivity index (χ1) is 10.2. The number of rotatable bonds is 3. The number of hydrogen-bond acceptors (Lipinski definition) is 4. The van der Waals surface area contributed by atoms with Crippen molar-refractivity contribution >= 4 is 11.6 Å². The van der Waals surface area contributed by atoms with E-state index in [0.29, 0.717) is 12.0 Å². The Morgan fingerprint density at radius 1 is 1.38 bits per heavy atom. The second-order valence-electron chi connectivity index (χ2n) is 3.98. The zero-order valence-electron chi connectivity index (χ0n) is 11.0. The highest BCUT2D eigenvalue weighted by molar-refractivity contribution is 6.04.